The van der Waals surface area contributed by atoms with Crippen LogP contribution in [0.1, 0.15) is 43.5 Å². The second kappa shape index (κ2) is 7.70. The van der Waals surface area contributed by atoms with E-state index in [0.717, 1.165) is 16.9 Å². The fraction of sp³-hybridized carbons (Fsp3) is 0.217. The quantitative estimate of drug-likeness (QED) is 0.368. The van der Waals surface area contributed by atoms with E-state index in [4.69, 9.17) is 0 Å². The fourth-order valence-corrected chi connectivity index (χ4v) is 4.13. The number of rotatable bonds is 3. The number of anilines is 1. The number of Topliss-reactive ketones (excluding diaryl/α,β-unsaturated/α-hetero) is 1. The van der Waals surface area contributed by atoms with Gasteiger partial charge in [-0.25, -0.2) is 4.39 Å². The van der Waals surface area contributed by atoms with Crippen molar-refractivity contribution in [2.45, 2.75) is 32.2 Å². The van der Waals surface area contributed by atoms with Gasteiger partial charge >= 0.3 is 5.91 Å². The number of hydrogen-bond donors (Lipinski definition) is 1. The maximum Gasteiger partial charge on any atom is 0.301 e. The molecule has 1 fully saturated rings. The van der Waals surface area contributed by atoms with Crippen LogP contribution in [0.4, 0.5) is 9.52 Å². The van der Waals surface area contributed by atoms with E-state index in [9.17, 15) is 19.1 Å². The highest BCUT2D eigenvalue weighted by molar-refractivity contribution is 7.13. The van der Waals surface area contributed by atoms with Crippen LogP contribution in [0.3, 0.4) is 0 Å². The third kappa shape index (κ3) is 3.74. The minimum Gasteiger partial charge on any atom is -0.507 e. The van der Waals surface area contributed by atoms with Crippen LogP contribution in [-0.2, 0) is 15.0 Å². The first-order chi connectivity index (χ1) is 14.7. The van der Waals surface area contributed by atoms with Crippen LogP contribution in [0.25, 0.3) is 5.76 Å². The van der Waals surface area contributed by atoms with E-state index in [2.05, 4.69) is 31.0 Å². The van der Waals surface area contributed by atoms with Crippen molar-refractivity contribution in [2.75, 3.05) is 4.90 Å². The van der Waals surface area contributed by atoms with Crippen LogP contribution >= 0.6 is 11.3 Å². The third-order valence-corrected chi connectivity index (χ3v) is 5.90. The number of ketones is 1. The van der Waals surface area contributed by atoms with E-state index in [-0.39, 0.29) is 27.4 Å². The first kappa shape index (κ1) is 20.9. The molecule has 0 aliphatic carbocycles. The standard InChI is InChI=1S/C23H20FN3O3S/c1-23(2,3)15-8-4-13(5-9-15)18-17(19(28)14-6-10-16(24)11-7-14)20(29)21(30)27(18)22-26-25-12-31-22/h4-12,18,28H,1-3H3/t18-/m1/s1. The van der Waals surface area contributed by atoms with Gasteiger partial charge in [0.2, 0.25) is 5.13 Å². The summed E-state index contributed by atoms with van der Waals surface area (Å²) in [4.78, 5) is 27.2. The minimum atomic E-state index is -0.882. The lowest BCUT2D eigenvalue weighted by molar-refractivity contribution is -0.132. The summed E-state index contributed by atoms with van der Waals surface area (Å²) in [6.07, 6.45) is 0. The molecule has 1 N–H and O–H groups in total. The average Bonchev–Trinajstić information content (AvgIpc) is 3.34. The number of halogens is 1. The number of aromatic nitrogens is 2. The predicted octanol–water partition coefficient (Wildman–Crippen LogP) is 4.60. The smallest absolute Gasteiger partial charge is 0.301 e. The van der Waals surface area contributed by atoms with Crippen LogP contribution in [0.2, 0.25) is 0 Å². The Balaban J connectivity index is 1.90. The number of amides is 1. The SMILES string of the molecule is CC(C)(C)c1ccc([C@@H]2C(=C(O)c3ccc(F)cc3)C(=O)C(=O)N2c2nncs2)cc1. The van der Waals surface area contributed by atoms with Gasteiger partial charge in [-0.3, -0.25) is 14.5 Å². The van der Waals surface area contributed by atoms with Crippen molar-refractivity contribution in [1.29, 1.82) is 0 Å². The molecule has 0 saturated carbocycles. The van der Waals surface area contributed by atoms with E-state index in [1.54, 1.807) is 0 Å². The maximum atomic E-state index is 13.3. The Bertz CT molecular complexity index is 1160. The lowest BCUT2D eigenvalue weighted by atomic mass is 9.85. The van der Waals surface area contributed by atoms with Crippen molar-refractivity contribution in [3.8, 4) is 0 Å². The van der Waals surface area contributed by atoms with Crippen molar-refractivity contribution in [1.82, 2.24) is 10.2 Å². The number of hydrogen-bond acceptors (Lipinski definition) is 6. The predicted molar refractivity (Wildman–Crippen MR) is 116 cm³/mol. The molecule has 1 aromatic heterocycles. The first-order valence-corrected chi connectivity index (χ1v) is 10.5. The van der Waals surface area contributed by atoms with Crippen molar-refractivity contribution in [3.05, 3.63) is 82.1 Å². The van der Waals surface area contributed by atoms with Gasteiger partial charge < -0.3 is 5.11 Å². The summed E-state index contributed by atoms with van der Waals surface area (Å²) < 4.78 is 13.3. The molecule has 4 rings (SSSR count). The average molecular weight is 437 g/mol. The Morgan fingerprint density at radius 3 is 2.26 bits per heavy atom. The number of aliphatic hydroxyl groups is 1. The summed E-state index contributed by atoms with van der Waals surface area (Å²) in [5, 5.41) is 19.0. The molecule has 0 unspecified atom stereocenters. The Hall–Kier alpha value is -3.39. The van der Waals surface area contributed by atoms with Gasteiger partial charge in [-0.1, -0.05) is 56.4 Å². The molecule has 8 heteroatoms. The molecule has 158 valence electrons. The molecule has 1 atom stereocenters. The summed E-state index contributed by atoms with van der Waals surface area (Å²) in [7, 11) is 0. The Morgan fingerprint density at radius 1 is 1.06 bits per heavy atom. The van der Waals surface area contributed by atoms with Crippen LogP contribution in [-0.4, -0.2) is 27.0 Å². The van der Waals surface area contributed by atoms with Crippen LogP contribution in [0, 0.1) is 5.82 Å². The molecule has 1 aliphatic heterocycles. The van der Waals surface area contributed by atoms with Crippen molar-refractivity contribution < 1.29 is 19.1 Å². The minimum absolute atomic E-state index is 0.0738. The number of benzene rings is 2. The molecule has 2 aromatic carbocycles. The molecule has 31 heavy (non-hydrogen) atoms. The van der Waals surface area contributed by atoms with Crippen LogP contribution in [0.5, 0.6) is 0 Å². The van der Waals surface area contributed by atoms with Gasteiger partial charge in [-0.15, -0.1) is 10.2 Å². The monoisotopic (exact) mass is 437 g/mol. The molecule has 3 aromatic rings. The Kier molecular flexibility index (Phi) is 5.18. The van der Waals surface area contributed by atoms with Crippen LogP contribution < -0.4 is 4.90 Å². The molecule has 2 heterocycles. The highest BCUT2D eigenvalue weighted by Gasteiger charge is 2.48. The second-order valence-corrected chi connectivity index (χ2v) is 9.08. The summed E-state index contributed by atoms with van der Waals surface area (Å²) >= 11 is 1.12. The molecule has 0 spiro atoms. The lowest BCUT2D eigenvalue weighted by Gasteiger charge is -2.24. The molecular weight excluding hydrogens is 417 g/mol. The summed E-state index contributed by atoms with van der Waals surface area (Å²) in [5.74, 6) is -2.47. The van der Waals surface area contributed by atoms with Gasteiger partial charge in [0.25, 0.3) is 5.78 Å². The van der Waals surface area contributed by atoms with Gasteiger partial charge in [0.1, 0.15) is 17.1 Å². The van der Waals surface area contributed by atoms with E-state index in [1.165, 1.54) is 34.7 Å². The zero-order chi connectivity index (χ0) is 22.3. The van der Waals surface area contributed by atoms with E-state index < -0.39 is 23.5 Å². The number of nitrogens with zero attached hydrogens (tertiary/aromatic N) is 3. The first-order valence-electron chi connectivity index (χ1n) is 9.62. The molecule has 6 nitrogen and oxygen atoms in total. The van der Waals surface area contributed by atoms with Crippen molar-refractivity contribution >= 4 is 33.9 Å². The van der Waals surface area contributed by atoms with E-state index in [1.807, 2.05) is 24.3 Å². The van der Waals surface area contributed by atoms with E-state index >= 15 is 0 Å². The molecule has 1 aliphatic rings. The molecule has 0 radical (unpaired) electrons. The normalized spacial score (nSPS) is 18.6. The number of carbonyl (C=O) groups is 2. The van der Waals surface area contributed by atoms with Gasteiger partial charge in [0, 0.05) is 5.56 Å². The van der Waals surface area contributed by atoms with Gasteiger partial charge in [-0.05, 0) is 40.8 Å². The van der Waals surface area contributed by atoms with Crippen molar-refractivity contribution in [3.63, 3.8) is 0 Å². The summed E-state index contributed by atoms with van der Waals surface area (Å²) in [6.45, 7) is 6.26. The fourth-order valence-electron chi connectivity index (χ4n) is 3.55. The van der Waals surface area contributed by atoms with Gasteiger partial charge in [-0.2, -0.15) is 0 Å². The molecular formula is C23H20FN3O3S. The highest BCUT2D eigenvalue weighted by atomic mass is 32.1. The molecule has 1 saturated heterocycles. The largest absolute Gasteiger partial charge is 0.507 e. The summed E-state index contributed by atoms with van der Waals surface area (Å²) in [5.41, 5.74) is 3.29. The highest BCUT2D eigenvalue weighted by Crippen LogP contribution is 2.42. The maximum absolute atomic E-state index is 13.3. The Morgan fingerprint density at radius 2 is 1.71 bits per heavy atom. The summed E-state index contributed by atoms with van der Waals surface area (Å²) in [6, 6.07) is 11.8. The van der Waals surface area contributed by atoms with E-state index in [0.29, 0.717) is 5.56 Å². The zero-order valence-corrected chi connectivity index (χ0v) is 18.0. The third-order valence-electron chi connectivity index (χ3n) is 5.21. The lowest BCUT2D eigenvalue weighted by Crippen LogP contribution is -2.29. The van der Waals surface area contributed by atoms with Crippen LogP contribution in [0.15, 0.2) is 59.6 Å². The Labute approximate surface area is 182 Å². The van der Waals surface area contributed by atoms with Crippen molar-refractivity contribution in [2.24, 2.45) is 0 Å². The number of aliphatic hydroxyl groups excluding tert-OH is 1. The molecule has 1 amide bonds. The second-order valence-electron chi connectivity index (χ2n) is 8.27. The topological polar surface area (TPSA) is 83.4 Å². The van der Waals surface area contributed by atoms with Gasteiger partial charge in [0.05, 0.1) is 11.6 Å². The zero-order valence-electron chi connectivity index (χ0n) is 17.2. The number of carbonyl (C=O) groups excluding carboxylic acids is 2. The molecule has 0 bridgehead atoms. The van der Waals surface area contributed by atoms with Gasteiger partial charge in [0.15, 0.2) is 0 Å².